The maximum atomic E-state index is 10.8. The summed E-state index contributed by atoms with van der Waals surface area (Å²) in [7, 11) is 0. The second-order valence-electron chi connectivity index (χ2n) is 5.29. The van der Waals surface area contributed by atoms with Crippen molar-refractivity contribution in [2.45, 2.75) is 12.8 Å². The fourth-order valence-corrected chi connectivity index (χ4v) is 2.46. The van der Waals surface area contributed by atoms with Gasteiger partial charge in [-0.2, -0.15) is 5.11 Å². The molecule has 7 heteroatoms. The monoisotopic (exact) mass is 315 g/mol. The van der Waals surface area contributed by atoms with Gasteiger partial charge >= 0.3 is 0 Å². The standard InChI is InChI=1S/C16H21N5O2/c17-19-15(6-11-22)12-18-14-2-4-16(5-3-14)21-8-1-7-20(13-23)9-10-21/h2-5,11-13,17-18H,1,6-10H2/b15-12-,19-17?. The third kappa shape index (κ3) is 4.91. The molecule has 2 rings (SSSR count). The topological polar surface area (TPSA) is 88.9 Å². The number of rotatable bonds is 7. The van der Waals surface area contributed by atoms with Crippen molar-refractivity contribution in [1.29, 1.82) is 5.53 Å². The van der Waals surface area contributed by atoms with Crippen molar-refractivity contribution in [3.05, 3.63) is 36.2 Å². The number of hydrogen-bond acceptors (Lipinski definition) is 6. The summed E-state index contributed by atoms with van der Waals surface area (Å²) in [5.74, 6) is 0. The lowest BCUT2D eigenvalue weighted by molar-refractivity contribution is -0.117. The van der Waals surface area contributed by atoms with E-state index in [9.17, 15) is 9.59 Å². The first-order valence-electron chi connectivity index (χ1n) is 7.58. The number of anilines is 2. The van der Waals surface area contributed by atoms with Crippen LogP contribution in [0.4, 0.5) is 11.4 Å². The number of nitrogens with one attached hydrogen (secondary N) is 2. The Bertz CT molecular complexity index is 570. The zero-order chi connectivity index (χ0) is 16.5. The highest BCUT2D eigenvalue weighted by molar-refractivity contribution is 5.58. The molecule has 0 atom stereocenters. The Labute approximate surface area is 135 Å². The van der Waals surface area contributed by atoms with E-state index in [-0.39, 0.29) is 6.42 Å². The van der Waals surface area contributed by atoms with Crippen LogP contribution in [0.25, 0.3) is 0 Å². The molecule has 1 aliphatic rings. The molecule has 1 saturated heterocycles. The summed E-state index contributed by atoms with van der Waals surface area (Å²) in [5.41, 5.74) is 9.33. The molecule has 122 valence electrons. The molecule has 1 fully saturated rings. The average Bonchev–Trinajstić information content (AvgIpc) is 2.84. The Morgan fingerprint density at radius 3 is 2.61 bits per heavy atom. The van der Waals surface area contributed by atoms with Crippen LogP contribution in [0.15, 0.2) is 41.3 Å². The van der Waals surface area contributed by atoms with Gasteiger partial charge < -0.3 is 19.9 Å². The number of amides is 1. The predicted molar refractivity (Wildman–Crippen MR) is 88.4 cm³/mol. The molecule has 1 heterocycles. The fourth-order valence-electron chi connectivity index (χ4n) is 2.46. The van der Waals surface area contributed by atoms with Crippen molar-refractivity contribution < 1.29 is 9.59 Å². The number of nitrogens with zero attached hydrogens (tertiary/aromatic N) is 3. The summed E-state index contributed by atoms with van der Waals surface area (Å²) in [4.78, 5) is 25.4. The maximum Gasteiger partial charge on any atom is 0.209 e. The molecule has 1 aromatic rings. The third-order valence-electron chi connectivity index (χ3n) is 3.75. The highest BCUT2D eigenvalue weighted by atomic mass is 16.1. The molecular weight excluding hydrogens is 294 g/mol. The molecule has 1 amide bonds. The second-order valence-corrected chi connectivity index (χ2v) is 5.29. The maximum absolute atomic E-state index is 10.8. The molecule has 0 radical (unpaired) electrons. The van der Waals surface area contributed by atoms with Crippen LogP contribution in [0.1, 0.15) is 12.8 Å². The van der Waals surface area contributed by atoms with Gasteiger partial charge in [-0.1, -0.05) is 0 Å². The lowest BCUT2D eigenvalue weighted by Gasteiger charge is -2.23. The Balaban J connectivity index is 1.97. The van der Waals surface area contributed by atoms with Crippen LogP contribution in [0.3, 0.4) is 0 Å². The SMILES string of the molecule is N=N/C(=C\Nc1ccc(N2CCCN(C=O)CC2)cc1)CC=O. The van der Waals surface area contributed by atoms with E-state index in [1.165, 1.54) is 0 Å². The summed E-state index contributed by atoms with van der Waals surface area (Å²) < 4.78 is 0. The summed E-state index contributed by atoms with van der Waals surface area (Å²) in [6.07, 6.45) is 4.27. The van der Waals surface area contributed by atoms with E-state index in [2.05, 4.69) is 15.3 Å². The Morgan fingerprint density at radius 1 is 1.17 bits per heavy atom. The van der Waals surface area contributed by atoms with Crippen molar-refractivity contribution in [3.8, 4) is 0 Å². The van der Waals surface area contributed by atoms with Gasteiger partial charge in [0.05, 0.1) is 5.70 Å². The molecule has 0 aliphatic carbocycles. The van der Waals surface area contributed by atoms with Crippen LogP contribution in [0.5, 0.6) is 0 Å². The number of aldehydes is 1. The lowest BCUT2D eigenvalue weighted by Crippen LogP contribution is -2.29. The third-order valence-corrected chi connectivity index (χ3v) is 3.75. The summed E-state index contributed by atoms with van der Waals surface area (Å²) in [6, 6.07) is 7.92. The van der Waals surface area contributed by atoms with Gasteiger partial charge in [0.25, 0.3) is 0 Å². The molecular formula is C16H21N5O2. The Morgan fingerprint density at radius 2 is 1.96 bits per heavy atom. The Kier molecular flexibility index (Phi) is 6.28. The summed E-state index contributed by atoms with van der Waals surface area (Å²) in [5, 5.41) is 6.32. The first kappa shape index (κ1) is 16.7. The molecule has 0 unspecified atom stereocenters. The zero-order valence-electron chi connectivity index (χ0n) is 12.9. The highest BCUT2D eigenvalue weighted by Gasteiger charge is 2.13. The smallest absolute Gasteiger partial charge is 0.209 e. The van der Waals surface area contributed by atoms with Gasteiger partial charge in [-0.25, -0.2) is 5.53 Å². The molecule has 1 aromatic carbocycles. The van der Waals surface area contributed by atoms with E-state index in [0.29, 0.717) is 5.70 Å². The minimum absolute atomic E-state index is 0.121. The predicted octanol–water partition coefficient (Wildman–Crippen LogP) is 2.23. The minimum atomic E-state index is 0.121. The molecule has 23 heavy (non-hydrogen) atoms. The van der Waals surface area contributed by atoms with Crippen LogP contribution < -0.4 is 10.2 Å². The number of hydrogen-bond donors (Lipinski definition) is 2. The van der Waals surface area contributed by atoms with Crippen molar-refractivity contribution in [3.63, 3.8) is 0 Å². The molecule has 0 bridgehead atoms. The van der Waals surface area contributed by atoms with Crippen LogP contribution in [-0.2, 0) is 9.59 Å². The molecule has 0 spiro atoms. The van der Waals surface area contributed by atoms with E-state index < -0.39 is 0 Å². The Hall–Kier alpha value is -2.70. The average molecular weight is 315 g/mol. The van der Waals surface area contributed by atoms with E-state index in [1.807, 2.05) is 24.3 Å². The first-order chi connectivity index (χ1) is 11.3. The van der Waals surface area contributed by atoms with Gasteiger partial charge in [-0.05, 0) is 30.7 Å². The molecule has 2 N–H and O–H groups in total. The zero-order valence-corrected chi connectivity index (χ0v) is 12.9. The van der Waals surface area contributed by atoms with Crippen LogP contribution >= 0.6 is 0 Å². The normalized spacial score (nSPS) is 15.7. The number of carbonyl (C=O) groups excluding carboxylic acids is 2. The van der Waals surface area contributed by atoms with Crippen molar-refractivity contribution >= 4 is 24.1 Å². The summed E-state index contributed by atoms with van der Waals surface area (Å²) >= 11 is 0. The van der Waals surface area contributed by atoms with E-state index in [0.717, 1.165) is 56.7 Å². The summed E-state index contributed by atoms with van der Waals surface area (Å²) in [6.45, 7) is 3.30. The van der Waals surface area contributed by atoms with Crippen LogP contribution in [0, 0.1) is 5.53 Å². The van der Waals surface area contributed by atoms with E-state index >= 15 is 0 Å². The fraction of sp³-hybridized carbons (Fsp3) is 0.375. The van der Waals surface area contributed by atoms with Gasteiger partial charge in [0.15, 0.2) is 0 Å². The van der Waals surface area contributed by atoms with Crippen molar-refractivity contribution in [2.75, 3.05) is 36.4 Å². The molecule has 0 aromatic heterocycles. The van der Waals surface area contributed by atoms with E-state index in [1.54, 1.807) is 11.1 Å². The number of carbonyl (C=O) groups is 2. The molecule has 0 saturated carbocycles. The van der Waals surface area contributed by atoms with Gasteiger partial charge in [-0.15, -0.1) is 0 Å². The quantitative estimate of drug-likeness (QED) is 0.596. The largest absolute Gasteiger partial charge is 0.370 e. The van der Waals surface area contributed by atoms with Crippen molar-refractivity contribution in [1.82, 2.24) is 4.90 Å². The number of allylic oxidation sites excluding steroid dienone is 1. The van der Waals surface area contributed by atoms with Gasteiger partial charge in [0.1, 0.15) is 6.29 Å². The molecule has 7 nitrogen and oxygen atoms in total. The van der Waals surface area contributed by atoms with Crippen molar-refractivity contribution in [2.24, 2.45) is 5.11 Å². The molecule has 1 aliphatic heterocycles. The minimum Gasteiger partial charge on any atom is -0.370 e. The van der Waals surface area contributed by atoms with Gasteiger partial charge in [0.2, 0.25) is 6.41 Å². The van der Waals surface area contributed by atoms with E-state index in [4.69, 9.17) is 5.53 Å². The van der Waals surface area contributed by atoms with Crippen LogP contribution in [-0.4, -0.2) is 43.8 Å². The highest BCUT2D eigenvalue weighted by Crippen LogP contribution is 2.19. The van der Waals surface area contributed by atoms with Crippen LogP contribution in [0.2, 0.25) is 0 Å². The lowest BCUT2D eigenvalue weighted by atomic mass is 10.2. The second kappa shape index (κ2) is 8.67. The first-order valence-corrected chi connectivity index (χ1v) is 7.58. The van der Waals surface area contributed by atoms with Gasteiger partial charge in [0, 0.05) is 50.2 Å². The number of benzene rings is 1. The van der Waals surface area contributed by atoms with Gasteiger partial charge in [-0.3, -0.25) is 4.79 Å².